The molecule has 1 unspecified atom stereocenters. The highest BCUT2D eigenvalue weighted by Crippen LogP contribution is 2.39. The zero-order valence-electron chi connectivity index (χ0n) is 18.4. The van der Waals surface area contributed by atoms with Gasteiger partial charge < -0.3 is 14.5 Å². The number of nitrogens with zero attached hydrogens (tertiary/aromatic N) is 3. The van der Waals surface area contributed by atoms with E-state index in [9.17, 15) is 13.6 Å². The van der Waals surface area contributed by atoms with Crippen molar-refractivity contribution in [1.82, 2.24) is 9.80 Å². The van der Waals surface area contributed by atoms with Crippen LogP contribution in [0, 0.1) is 18.6 Å². The van der Waals surface area contributed by atoms with Crippen molar-refractivity contribution in [3.05, 3.63) is 89.0 Å². The molecule has 0 aromatic heterocycles. The molecule has 1 amide bonds. The summed E-state index contributed by atoms with van der Waals surface area (Å²) in [4.78, 5) is 21.7. The minimum Gasteiger partial charge on any atom is -0.454 e. The molecule has 2 aliphatic heterocycles. The van der Waals surface area contributed by atoms with E-state index in [1.165, 1.54) is 6.07 Å². The number of fused-ring (bicyclic) bond motifs is 2. The van der Waals surface area contributed by atoms with Gasteiger partial charge in [0.1, 0.15) is 28.9 Å². The van der Waals surface area contributed by atoms with E-state index in [4.69, 9.17) is 9.73 Å². The highest BCUT2D eigenvalue weighted by Gasteiger charge is 2.32. The molecule has 7 heteroatoms. The van der Waals surface area contributed by atoms with Gasteiger partial charge in [0.2, 0.25) is 0 Å². The van der Waals surface area contributed by atoms with Gasteiger partial charge >= 0.3 is 0 Å². The van der Waals surface area contributed by atoms with Crippen LogP contribution in [0.3, 0.4) is 0 Å². The number of carbonyl (C=O) groups is 1. The van der Waals surface area contributed by atoms with Gasteiger partial charge in [0.05, 0.1) is 11.1 Å². The number of amidine groups is 1. The Morgan fingerprint density at radius 2 is 1.85 bits per heavy atom. The number of aryl methyl sites for hydroxylation is 1. The number of halogens is 2. The van der Waals surface area contributed by atoms with Crippen LogP contribution in [0.1, 0.15) is 28.4 Å². The molecule has 2 aliphatic rings. The number of carbonyl (C=O) groups excluding carboxylic acids is 1. The summed E-state index contributed by atoms with van der Waals surface area (Å²) >= 11 is 0. The molecule has 0 spiro atoms. The van der Waals surface area contributed by atoms with Crippen molar-refractivity contribution in [2.75, 3.05) is 19.6 Å². The monoisotopic (exact) mass is 447 g/mol. The van der Waals surface area contributed by atoms with Crippen LogP contribution in [0.15, 0.2) is 65.7 Å². The van der Waals surface area contributed by atoms with Crippen molar-refractivity contribution in [1.29, 1.82) is 0 Å². The maximum absolute atomic E-state index is 14.2. The molecule has 1 atom stereocenters. The van der Waals surface area contributed by atoms with E-state index in [0.717, 1.165) is 40.5 Å². The topological polar surface area (TPSA) is 45.1 Å². The van der Waals surface area contributed by atoms with E-state index in [1.807, 2.05) is 56.3 Å². The Bertz CT molecular complexity index is 1270. The smallest absolute Gasteiger partial charge is 0.257 e. The summed E-state index contributed by atoms with van der Waals surface area (Å²) in [6.07, 6.45) is 0. The number of rotatable bonds is 1. The lowest BCUT2D eigenvalue weighted by Gasteiger charge is -2.41. The molecule has 2 heterocycles. The van der Waals surface area contributed by atoms with Gasteiger partial charge in [0, 0.05) is 31.7 Å². The Morgan fingerprint density at radius 3 is 2.64 bits per heavy atom. The van der Waals surface area contributed by atoms with Crippen molar-refractivity contribution >= 4 is 17.4 Å². The lowest BCUT2D eigenvalue weighted by Crippen LogP contribution is -2.55. The molecule has 0 saturated carbocycles. The fourth-order valence-electron chi connectivity index (χ4n) is 4.34. The largest absolute Gasteiger partial charge is 0.454 e. The minimum absolute atomic E-state index is 0.119. The normalized spacial score (nSPS) is 17.5. The first-order valence-electron chi connectivity index (χ1n) is 10.9. The summed E-state index contributed by atoms with van der Waals surface area (Å²) in [6, 6.07) is 16.5. The Labute approximate surface area is 190 Å². The summed E-state index contributed by atoms with van der Waals surface area (Å²) in [6.45, 7) is 5.35. The predicted octanol–water partition coefficient (Wildman–Crippen LogP) is 5.30. The maximum atomic E-state index is 14.2. The van der Waals surface area contributed by atoms with E-state index in [1.54, 1.807) is 4.90 Å². The number of hydrogen-bond acceptors (Lipinski definition) is 4. The Morgan fingerprint density at radius 1 is 1.03 bits per heavy atom. The Kier molecular flexibility index (Phi) is 5.32. The van der Waals surface area contributed by atoms with Crippen LogP contribution in [0.4, 0.5) is 14.5 Å². The van der Waals surface area contributed by atoms with Gasteiger partial charge in [-0.3, -0.25) is 4.79 Å². The molecule has 5 rings (SSSR count). The molecule has 0 radical (unpaired) electrons. The van der Waals surface area contributed by atoms with Gasteiger partial charge in [-0.1, -0.05) is 18.2 Å². The molecule has 5 nitrogen and oxygen atoms in total. The second-order valence-electron chi connectivity index (χ2n) is 8.42. The van der Waals surface area contributed by atoms with E-state index in [-0.39, 0.29) is 11.6 Å². The molecule has 168 valence electrons. The molecular formula is C26H23F2N3O2. The Balaban J connectivity index is 1.45. The van der Waals surface area contributed by atoms with Crippen LogP contribution in [0.5, 0.6) is 11.5 Å². The van der Waals surface area contributed by atoms with Gasteiger partial charge in [-0.2, -0.15) is 0 Å². The van der Waals surface area contributed by atoms with Crippen molar-refractivity contribution in [2.24, 2.45) is 4.99 Å². The summed E-state index contributed by atoms with van der Waals surface area (Å²) < 4.78 is 33.7. The van der Waals surface area contributed by atoms with Crippen LogP contribution in [0.2, 0.25) is 0 Å². The highest BCUT2D eigenvalue weighted by molar-refractivity contribution is 6.04. The molecule has 0 N–H and O–H groups in total. The third-order valence-corrected chi connectivity index (χ3v) is 6.04. The molecule has 1 fully saturated rings. The van der Waals surface area contributed by atoms with Gasteiger partial charge in [0.25, 0.3) is 5.91 Å². The second-order valence-corrected chi connectivity index (χ2v) is 8.42. The van der Waals surface area contributed by atoms with Crippen molar-refractivity contribution in [2.45, 2.75) is 19.9 Å². The third kappa shape index (κ3) is 3.95. The Hall–Kier alpha value is -3.74. The summed E-state index contributed by atoms with van der Waals surface area (Å²) in [5.74, 6) is 0.212. The van der Waals surface area contributed by atoms with Gasteiger partial charge in [-0.05, 0) is 55.8 Å². The molecule has 0 aliphatic carbocycles. The number of piperazine rings is 1. The van der Waals surface area contributed by atoms with Crippen LogP contribution in [-0.4, -0.2) is 47.2 Å². The van der Waals surface area contributed by atoms with E-state index >= 15 is 0 Å². The summed E-state index contributed by atoms with van der Waals surface area (Å²) in [5, 5.41) is 0. The number of ether oxygens (including phenoxy) is 1. The molecule has 3 aromatic carbocycles. The number of para-hydroxylation sites is 1. The van der Waals surface area contributed by atoms with Crippen LogP contribution >= 0.6 is 0 Å². The number of hydrogen-bond donors (Lipinski definition) is 0. The maximum Gasteiger partial charge on any atom is 0.257 e. The van der Waals surface area contributed by atoms with E-state index in [0.29, 0.717) is 25.4 Å². The quantitative estimate of drug-likeness (QED) is 0.508. The van der Waals surface area contributed by atoms with Gasteiger partial charge in [0.15, 0.2) is 5.75 Å². The van der Waals surface area contributed by atoms with Crippen LogP contribution in [0.25, 0.3) is 0 Å². The molecular weight excluding hydrogens is 424 g/mol. The second kappa shape index (κ2) is 8.31. The first-order chi connectivity index (χ1) is 15.9. The zero-order chi connectivity index (χ0) is 23.1. The predicted molar refractivity (Wildman–Crippen MR) is 122 cm³/mol. The van der Waals surface area contributed by atoms with Gasteiger partial charge in [-0.15, -0.1) is 0 Å². The van der Waals surface area contributed by atoms with E-state index in [2.05, 4.69) is 4.90 Å². The number of benzene rings is 3. The van der Waals surface area contributed by atoms with Crippen LogP contribution in [-0.2, 0) is 0 Å². The minimum atomic E-state index is -0.847. The average Bonchev–Trinajstić information content (AvgIpc) is 2.95. The highest BCUT2D eigenvalue weighted by atomic mass is 19.1. The van der Waals surface area contributed by atoms with E-state index < -0.39 is 17.5 Å². The standard InChI is InChI=1S/C26H23F2N3O2/c1-16-7-10-22-24(13-16)33-23-6-4-3-5-20(23)25(29-22)30-11-12-31(17(2)15-30)26(32)19-9-8-18(27)14-21(19)28/h3-10,13-14,17H,11-12,15H2,1-2H3. The third-order valence-electron chi connectivity index (χ3n) is 6.04. The SMILES string of the molecule is Cc1ccc2c(c1)Oc1ccccc1C(N1CCN(C(=O)c3ccc(F)cc3F)C(C)C1)=N2. The molecule has 1 saturated heterocycles. The molecule has 33 heavy (non-hydrogen) atoms. The lowest BCUT2D eigenvalue weighted by molar-refractivity contribution is 0.0576. The first-order valence-corrected chi connectivity index (χ1v) is 10.9. The fourth-order valence-corrected chi connectivity index (χ4v) is 4.34. The lowest BCUT2D eigenvalue weighted by atomic mass is 10.1. The van der Waals surface area contributed by atoms with Crippen molar-refractivity contribution in [3.63, 3.8) is 0 Å². The fraction of sp³-hybridized carbons (Fsp3) is 0.231. The zero-order valence-corrected chi connectivity index (χ0v) is 18.4. The summed E-state index contributed by atoms with van der Waals surface area (Å²) in [7, 11) is 0. The molecule has 0 bridgehead atoms. The number of amides is 1. The first kappa shape index (κ1) is 21.1. The van der Waals surface area contributed by atoms with Crippen molar-refractivity contribution < 1.29 is 18.3 Å². The van der Waals surface area contributed by atoms with Crippen LogP contribution < -0.4 is 4.74 Å². The van der Waals surface area contributed by atoms with Crippen molar-refractivity contribution in [3.8, 4) is 11.5 Å². The van der Waals surface area contributed by atoms with Gasteiger partial charge in [-0.25, -0.2) is 13.8 Å². The molecule has 3 aromatic rings. The average molecular weight is 447 g/mol. The summed E-state index contributed by atoms with van der Waals surface area (Å²) in [5.41, 5.74) is 2.58. The number of aliphatic imine (C=N–C) groups is 1.